The number of carbonyl (C=O) groups is 1. The lowest BCUT2D eigenvalue weighted by Gasteiger charge is -2.10. The largest absolute Gasteiger partial charge is 0.464 e. The van der Waals surface area contributed by atoms with Gasteiger partial charge in [-0.3, -0.25) is 14.9 Å². The molecule has 3 aromatic carbocycles. The topological polar surface area (TPSA) is 85.4 Å². The molecule has 0 unspecified atom stereocenters. The second-order valence-electron chi connectivity index (χ2n) is 6.88. The Hall–Kier alpha value is -3.67. The molecule has 28 heavy (non-hydrogen) atoms. The van der Waals surface area contributed by atoms with Gasteiger partial charge in [0.25, 0.3) is 5.69 Å². The molecule has 0 aliphatic carbocycles. The number of fused-ring (bicyclic) bond motifs is 3. The van der Waals surface area contributed by atoms with E-state index in [1.165, 1.54) is 6.07 Å². The Balaban J connectivity index is 1.69. The van der Waals surface area contributed by atoms with E-state index in [0.717, 1.165) is 27.3 Å². The van der Waals surface area contributed by atoms with Crippen molar-refractivity contribution >= 4 is 39.0 Å². The Morgan fingerprint density at radius 1 is 1.14 bits per heavy atom. The number of rotatable bonds is 4. The van der Waals surface area contributed by atoms with Crippen molar-refractivity contribution in [2.75, 3.05) is 5.32 Å². The smallest absolute Gasteiger partial charge is 0.293 e. The van der Waals surface area contributed by atoms with Gasteiger partial charge >= 0.3 is 0 Å². The zero-order chi connectivity index (χ0) is 19.8. The second-order valence-corrected chi connectivity index (χ2v) is 6.88. The maximum Gasteiger partial charge on any atom is 0.293 e. The molecule has 1 amide bonds. The Bertz CT molecular complexity index is 1240. The average molecular weight is 374 g/mol. The number of hydrogen-bond acceptors (Lipinski definition) is 4. The average Bonchev–Trinajstić information content (AvgIpc) is 3.06. The van der Waals surface area contributed by atoms with E-state index in [1.54, 1.807) is 20.1 Å². The minimum atomic E-state index is -0.476. The quantitative estimate of drug-likeness (QED) is 0.388. The molecule has 0 atom stereocenters. The number of hydrogen-bond donors (Lipinski definition) is 1. The summed E-state index contributed by atoms with van der Waals surface area (Å²) in [5.74, 6) is -0.328. The molecule has 1 aromatic heterocycles. The van der Waals surface area contributed by atoms with E-state index in [1.807, 2.05) is 42.5 Å². The highest BCUT2D eigenvalue weighted by Crippen LogP contribution is 2.32. The molecule has 0 bridgehead atoms. The van der Waals surface area contributed by atoms with Crippen molar-refractivity contribution < 1.29 is 14.1 Å². The van der Waals surface area contributed by atoms with Gasteiger partial charge in [-0.2, -0.15) is 0 Å². The fourth-order valence-corrected chi connectivity index (χ4v) is 3.61. The molecule has 1 heterocycles. The van der Waals surface area contributed by atoms with Gasteiger partial charge in [0.15, 0.2) is 0 Å². The van der Waals surface area contributed by atoms with E-state index >= 15 is 0 Å². The van der Waals surface area contributed by atoms with Gasteiger partial charge < -0.3 is 9.73 Å². The van der Waals surface area contributed by atoms with Crippen LogP contribution in [0.15, 0.2) is 59.2 Å². The lowest BCUT2D eigenvalue weighted by Crippen LogP contribution is -2.16. The number of nitrogens with one attached hydrogen (secondary N) is 1. The van der Waals surface area contributed by atoms with Crippen LogP contribution in [0.3, 0.4) is 0 Å². The first-order chi connectivity index (χ1) is 13.4. The van der Waals surface area contributed by atoms with Crippen LogP contribution in [0, 0.1) is 24.0 Å². The Kier molecular flexibility index (Phi) is 4.31. The Labute approximate surface area is 160 Å². The van der Waals surface area contributed by atoms with E-state index < -0.39 is 4.92 Å². The van der Waals surface area contributed by atoms with Gasteiger partial charge in [-0.25, -0.2) is 0 Å². The number of nitro groups is 1. The predicted molar refractivity (Wildman–Crippen MR) is 109 cm³/mol. The summed E-state index contributed by atoms with van der Waals surface area (Å²) in [4.78, 5) is 23.6. The highest BCUT2D eigenvalue weighted by molar-refractivity contribution is 6.09. The molecule has 4 rings (SSSR count). The lowest BCUT2D eigenvalue weighted by molar-refractivity contribution is -0.384. The number of aryl methyl sites for hydroxylation is 2. The van der Waals surface area contributed by atoms with Gasteiger partial charge in [0.05, 0.1) is 17.6 Å². The van der Waals surface area contributed by atoms with E-state index in [0.29, 0.717) is 11.1 Å². The first-order valence-electron chi connectivity index (χ1n) is 8.87. The lowest BCUT2D eigenvalue weighted by atomic mass is 10.0. The molecule has 0 spiro atoms. The zero-order valence-electron chi connectivity index (χ0n) is 15.5. The third-order valence-corrected chi connectivity index (χ3v) is 4.81. The van der Waals surface area contributed by atoms with Crippen LogP contribution < -0.4 is 5.32 Å². The SMILES string of the molecule is Cc1cc(C)c(NC(=O)Cc2coc3ccc4ccccc4c23)c([N+](=O)[O-])c1. The fourth-order valence-electron chi connectivity index (χ4n) is 3.61. The number of carbonyl (C=O) groups excluding carboxylic acids is 1. The van der Waals surface area contributed by atoms with Crippen molar-refractivity contribution in [1.82, 2.24) is 0 Å². The van der Waals surface area contributed by atoms with Gasteiger partial charge in [-0.1, -0.05) is 36.4 Å². The summed E-state index contributed by atoms with van der Waals surface area (Å²) >= 11 is 0. The molecule has 6 nitrogen and oxygen atoms in total. The molecule has 4 aromatic rings. The van der Waals surface area contributed by atoms with Crippen molar-refractivity contribution in [1.29, 1.82) is 0 Å². The van der Waals surface area contributed by atoms with Crippen molar-refractivity contribution in [3.8, 4) is 0 Å². The van der Waals surface area contributed by atoms with Crippen LogP contribution in [-0.2, 0) is 11.2 Å². The summed E-state index contributed by atoms with van der Waals surface area (Å²) in [7, 11) is 0. The third kappa shape index (κ3) is 3.09. The van der Waals surface area contributed by atoms with Crippen LogP contribution in [0.2, 0.25) is 0 Å². The van der Waals surface area contributed by atoms with Gasteiger partial charge in [0.2, 0.25) is 5.91 Å². The first kappa shape index (κ1) is 17.7. The minimum absolute atomic E-state index is 0.0610. The number of amides is 1. The van der Waals surface area contributed by atoms with Crippen LogP contribution >= 0.6 is 0 Å². The van der Waals surface area contributed by atoms with Crippen molar-refractivity contribution in [2.45, 2.75) is 20.3 Å². The van der Waals surface area contributed by atoms with Crippen molar-refractivity contribution in [3.05, 3.63) is 81.6 Å². The highest BCUT2D eigenvalue weighted by Gasteiger charge is 2.20. The molecule has 1 N–H and O–H groups in total. The van der Waals surface area contributed by atoms with Crippen molar-refractivity contribution in [3.63, 3.8) is 0 Å². The maximum atomic E-state index is 12.7. The molecule has 0 saturated heterocycles. The van der Waals surface area contributed by atoms with Crippen molar-refractivity contribution in [2.24, 2.45) is 0 Å². The number of benzene rings is 3. The minimum Gasteiger partial charge on any atom is -0.464 e. The molecule has 0 saturated carbocycles. The molecule has 0 aliphatic heterocycles. The van der Waals surface area contributed by atoms with Gasteiger partial charge in [-0.05, 0) is 41.8 Å². The number of anilines is 1. The zero-order valence-corrected chi connectivity index (χ0v) is 15.5. The standard InChI is InChI=1S/C22H18N2O4/c1-13-9-14(2)22(18(10-13)24(26)27)23-20(25)11-16-12-28-19-8-7-15-5-3-4-6-17(15)21(16)19/h3-10,12H,11H2,1-2H3,(H,23,25). The van der Waals surface area contributed by atoms with E-state index in [4.69, 9.17) is 4.42 Å². The number of nitrogens with zero attached hydrogens (tertiary/aromatic N) is 1. The van der Waals surface area contributed by atoms with Crippen LogP contribution in [0.1, 0.15) is 16.7 Å². The van der Waals surface area contributed by atoms with Gasteiger partial charge in [0.1, 0.15) is 11.3 Å². The van der Waals surface area contributed by atoms with Crippen LogP contribution in [0.25, 0.3) is 21.7 Å². The second kappa shape index (κ2) is 6.81. The number of nitro benzene ring substituents is 1. The van der Waals surface area contributed by atoms with Gasteiger partial charge in [-0.15, -0.1) is 0 Å². The summed E-state index contributed by atoms with van der Waals surface area (Å²) in [6.45, 7) is 3.53. The summed E-state index contributed by atoms with van der Waals surface area (Å²) in [5, 5.41) is 17.1. The maximum absolute atomic E-state index is 12.7. The summed E-state index contributed by atoms with van der Waals surface area (Å²) in [6.07, 6.45) is 1.64. The monoisotopic (exact) mass is 374 g/mol. The summed E-state index contributed by atoms with van der Waals surface area (Å²) in [6, 6.07) is 15.0. The van der Waals surface area contributed by atoms with E-state index in [2.05, 4.69) is 5.32 Å². The Morgan fingerprint density at radius 2 is 1.93 bits per heavy atom. The van der Waals surface area contributed by atoms with Crippen LogP contribution in [0.4, 0.5) is 11.4 Å². The van der Waals surface area contributed by atoms with Crippen LogP contribution in [-0.4, -0.2) is 10.8 Å². The highest BCUT2D eigenvalue weighted by atomic mass is 16.6. The van der Waals surface area contributed by atoms with E-state index in [-0.39, 0.29) is 23.7 Å². The predicted octanol–water partition coefficient (Wildman–Crippen LogP) is 5.29. The summed E-state index contributed by atoms with van der Waals surface area (Å²) < 4.78 is 5.62. The van der Waals surface area contributed by atoms with Crippen LogP contribution in [0.5, 0.6) is 0 Å². The molecular weight excluding hydrogens is 356 g/mol. The van der Waals surface area contributed by atoms with E-state index in [9.17, 15) is 14.9 Å². The molecular formula is C22H18N2O4. The molecule has 6 heteroatoms. The third-order valence-electron chi connectivity index (χ3n) is 4.81. The molecule has 0 aliphatic rings. The first-order valence-corrected chi connectivity index (χ1v) is 8.87. The number of furan rings is 1. The summed E-state index contributed by atoms with van der Waals surface area (Å²) in [5.41, 5.74) is 3.01. The normalized spacial score (nSPS) is 11.1. The molecule has 140 valence electrons. The van der Waals surface area contributed by atoms with Gasteiger partial charge in [0, 0.05) is 17.0 Å². The molecule has 0 fully saturated rings. The Morgan fingerprint density at radius 3 is 2.71 bits per heavy atom. The fraction of sp³-hybridized carbons (Fsp3) is 0.136. The molecule has 0 radical (unpaired) electrons.